The number of pyridine rings is 2. The van der Waals surface area contributed by atoms with E-state index in [4.69, 9.17) is 9.47 Å². The first kappa shape index (κ1) is 16.1. The number of aromatic nitrogens is 2. The third kappa shape index (κ3) is 3.54. The van der Waals surface area contributed by atoms with Crippen LogP contribution in [0.5, 0.6) is 11.6 Å². The summed E-state index contributed by atoms with van der Waals surface area (Å²) in [5.74, 6) is 0.820. The van der Waals surface area contributed by atoms with Crippen molar-refractivity contribution >= 4 is 22.7 Å². The molecular formula is C19H17FN2O2S. The molecule has 128 valence electrons. The molecule has 0 aliphatic heterocycles. The van der Waals surface area contributed by atoms with Crippen molar-refractivity contribution < 1.29 is 13.9 Å². The molecule has 0 spiro atoms. The van der Waals surface area contributed by atoms with Crippen molar-refractivity contribution in [3.63, 3.8) is 0 Å². The zero-order chi connectivity index (χ0) is 17.2. The SMILES string of the molecule is COc1nccc2c(OCc3cc(SC4CC4)ccc3F)ccnc12. The lowest BCUT2D eigenvalue weighted by Crippen LogP contribution is -2.00. The van der Waals surface area contributed by atoms with E-state index in [1.54, 1.807) is 37.3 Å². The topological polar surface area (TPSA) is 44.2 Å². The maximum absolute atomic E-state index is 14.1. The largest absolute Gasteiger partial charge is 0.488 e. The quantitative estimate of drug-likeness (QED) is 0.645. The number of fused-ring (bicyclic) bond motifs is 1. The molecule has 1 aliphatic rings. The molecular weight excluding hydrogens is 339 g/mol. The van der Waals surface area contributed by atoms with Gasteiger partial charge in [-0.3, -0.25) is 4.98 Å². The number of halogens is 1. The highest BCUT2D eigenvalue weighted by atomic mass is 32.2. The fourth-order valence-corrected chi connectivity index (χ4v) is 3.69. The predicted molar refractivity (Wildman–Crippen MR) is 95.7 cm³/mol. The summed E-state index contributed by atoms with van der Waals surface area (Å²) in [7, 11) is 1.55. The van der Waals surface area contributed by atoms with Crippen molar-refractivity contribution in [1.82, 2.24) is 9.97 Å². The summed E-state index contributed by atoms with van der Waals surface area (Å²) in [5.41, 5.74) is 1.18. The van der Waals surface area contributed by atoms with Gasteiger partial charge in [-0.1, -0.05) is 0 Å². The Kier molecular flexibility index (Phi) is 4.44. The molecule has 0 N–H and O–H groups in total. The van der Waals surface area contributed by atoms with E-state index >= 15 is 0 Å². The number of ether oxygens (including phenoxy) is 2. The van der Waals surface area contributed by atoms with Crippen molar-refractivity contribution in [1.29, 1.82) is 0 Å². The van der Waals surface area contributed by atoms with E-state index in [0.717, 1.165) is 10.3 Å². The molecule has 6 heteroatoms. The molecule has 1 aliphatic carbocycles. The van der Waals surface area contributed by atoms with Crippen molar-refractivity contribution in [2.24, 2.45) is 0 Å². The molecule has 1 fully saturated rings. The number of methoxy groups -OCH3 is 1. The van der Waals surface area contributed by atoms with Gasteiger partial charge in [0.15, 0.2) is 0 Å². The minimum Gasteiger partial charge on any atom is -0.488 e. The normalized spacial score (nSPS) is 13.8. The zero-order valence-electron chi connectivity index (χ0n) is 13.7. The predicted octanol–water partition coefficient (Wildman–Crippen LogP) is 4.61. The Morgan fingerprint density at radius 2 is 2.00 bits per heavy atom. The fraction of sp³-hybridized carbons (Fsp3) is 0.263. The molecule has 2 aromatic heterocycles. The Bertz CT molecular complexity index is 915. The number of thioether (sulfide) groups is 1. The summed E-state index contributed by atoms with van der Waals surface area (Å²) in [6.07, 6.45) is 5.76. The van der Waals surface area contributed by atoms with Crippen molar-refractivity contribution in [3.05, 3.63) is 54.1 Å². The Labute approximate surface area is 149 Å². The van der Waals surface area contributed by atoms with Crippen LogP contribution in [-0.4, -0.2) is 22.3 Å². The Morgan fingerprint density at radius 1 is 1.16 bits per heavy atom. The summed E-state index contributed by atoms with van der Waals surface area (Å²) in [6, 6.07) is 8.81. The van der Waals surface area contributed by atoms with Gasteiger partial charge >= 0.3 is 0 Å². The summed E-state index contributed by atoms with van der Waals surface area (Å²) in [6.45, 7) is 0.161. The van der Waals surface area contributed by atoms with Crippen LogP contribution in [0.2, 0.25) is 0 Å². The molecule has 0 atom stereocenters. The Hall–Kier alpha value is -2.34. The summed E-state index contributed by atoms with van der Waals surface area (Å²) in [4.78, 5) is 9.53. The molecule has 0 unspecified atom stereocenters. The van der Waals surface area contributed by atoms with Gasteiger partial charge in [0.2, 0.25) is 5.88 Å². The lowest BCUT2D eigenvalue weighted by atomic mass is 10.2. The van der Waals surface area contributed by atoms with Gasteiger partial charge in [0, 0.05) is 33.5 Å². The van der Waals surface area contributed by atoms with Gasteiger partial charge in [0.05, 0.1) is 7.11 Å². The van der Waals surface area contributed by atoms with Crippen molar-refractivity contribution in [2.75, 3.05) is 7.11 Å². The van der Waals surface area contributed by atoms with Gasteiger partial charge in [0.1, 0.15) is 23.7 Å². The van der Waals surface area contributed by atoms with Gasteiger partial charge in [-0.25, -0.2) is 9.37 Å². The minimum absolute atomic E-state index is 0.161. The maximum atomic E-state index is 14.1. The van der Waals surface area contributed by atoms with Crippen LogP contribution in [0.15, 0.2) is 47.6 Å². The molecule has 3 aromatic rings. The zero-order valence-corrected chi connectivity index (χ0v) is 14.6. The first-order chi connectivity index (χ1) is 12.2. The lowest BCUT2D eigenvalue weighted by molar-refractivity contribution is 0.303. The van der Waals surface area contributed by atoms with E-state index in [1.165, 1.54) is 18.9 Å². The van der Waals surface area contributed by atoms with E-state index in [9.17, 15) is 4.39 Å². The average Bonchev–Trinajstić information content (AvgIpc) is 3.45. The number of hydrogen-bond donors (Lipinski definition) is 0. The molecule has 0 amide bonds. The molecule has 2 heterocycles. The van der Waals surface area contributed by atoms with E-state index in [1.807, 2.05) is 18.2 Å². The second kappa shape index (κ2) is 6.88. The van der Waals surface area contributed by atoms with Gasteiger partial charge in [0.25, 0.3) is 0 Å². The molecule has 0 bridgehead atoms. The summed E-state index contributed by atoms with van der Waals surface area (Å²) >= 11 is 1.80. The Balaban J connectivity index is 1.58. The van der Waals surface area contributed by atoms with Gasteiger partial charge in [-0.05, 0) is 43.2 Å². The second-order valence-corrected chi connectivity index (χ2v) is 7.26. The van der Waals surface area contributed by atoms with Gasteiger partial charge in [-0.2, -0.15) is 0 Å². The van der Waals surface area contributed by atoms with E-state index in [-0.39, 0.29) is 12.4 Å². The van der Waals surface area contributed by atoms with Gasteiger partial charge < -0.3 is 9.47 Å². The highest BCUT2D eigenvalue weighted by molar-refractivity contribution is 8.00. The van der Waals surface area contributed by atoms with Crippen LogP contribution in [0.3, 0.4) is 0 Å². The van der Waals surface area contributed by atoms with Gasteiger partial charge in [-0.15, -0.1) is 11.8 Å². The molecule has 25 heavy (non-hydrogen) atoms. The van der Waals surface area contributed by atoms with Crippen LogP contribution in [0.4, 0.5) is 4.39 Å². The average molecular weight is 356 g/mol. The first-order valence-electron chi connectivity index (χ1n) is 8.10. The first-order valence-corrected chi connectivity index (χ1v) is 8.98. The van der Waals surface area contributed by atoms with Crippen molar-refractivity contribution in [2.45, 2.75) is 29.6 Å². The lowest BCUT2D eigenvalue weighted by Gasteiger charge is -2.11. The summed E-state index contributed by atoms with van der Waals surface area (Å²) < 4.78 is 25.2. The van der Waals surface area contributed by atoms with Crippen LogP contribution < -0.4 is 9.47 Å². The molecule has 0 radical (unpaired) electrons. The Morgan fingerprint density at radius 3 is 2.80 bits per heavy atom. The van der Waals surface area contributed by atoms with E-state index in [2.05, 4.69) is 9.97 Å². The summed E-state index contributed by atoms with van der Waals surface area (Å²) in [5, 5.41) is 1.47. The van der Waals surface area contributed by atoms with E-state index in [0.29, 0.717) is 28.0 Å². The smallest absolute Gasteiger partial charge is 0.240 e. The monoisotopic (exact) mass is 356 g/mol. The van der Waals surface area contributed by atoms with Crippen LogP contribution >= 0.6 is 11.8 Å². The minimum atomic E-state index is -0.252. The van der Waals surface area contributed by atoms with Crippen LogP contribution in [0.1, 0.15) is 18.4 Å². The van der Waals surface area contributed by atoms with Crippen LogP contribution in [0.25, 0.3) is 10.9 Å². The standard InChI is InChI=1S/C19H17FN2O2S/c1-23-19-18-15(6-8-22-19)17(7-9-21-18)24-11-12-10-14(4-5-16(12)20)25-13-2-3-13/h4-10,13H,2-3,11H2,1H3. The molecule has 4 nitrogen and oxygen atoms in total. The second-order valence-electron chi connectivity index (χ2n) is 5.88. The van der Waals surface area contributed by atoms with E-state index < -0.39 is 0 Å². The number of nitrogens with zero attached hydrogens (tertiary/aromatic N) is 2. The maximum Gasteiger partial charge on any atom is 0.240 e. The highest BCUT2D eigenvalue weighted by Gasteiger charge is 2.22. The van der Waals surface area contributed by atoms with Crippen LogP contribution in [0, 0.1) is 5.82 Å². The fourth-order valence-electron chi connectivity index (χ4n) is 2.57. The molecule has 0 saturated heterocycles. The number of rotatable bonds is 6. The van der Waals surface area contributed by atoms with Crippen LogP contribution in [-0.2, 0) is 6.61 Å². The number of benzene rings is 1. The number of hydrogen-bond acceptors (Lipinski definition) is 5. The molecule has 4 rings (SSSR count). The molecule has 1 saturated carbocycles. The third-order valence-corrected chi connectivity index (χ3v) is 5.34. The third-order valence-electron chi connectivity index (χ3n) is 4.01. The van der Waals surface area contributed by atoms with Crippen molar-refractivity contribution in [3.8, 4) is 11.6 Å². The highest BCUT2D eigenvalue weighted by Crippen LogP contribution is 2.39. The molecule has 1 aromatic carbocycles.